The van der Waals surface area contributed by atoms with Crippen LogP contribution in [-0.2, 0) is 19.3 Å². The van der Waals surface area contributed by atoms with Crippen molar-refractivity contribution in [1.82, 2.24) is 0 Å². The van der Waals surface area contributed by atoms with E-state index in [0.717, 1.165) is 11.5 Å². The van der Waals surface area contributed by atoms with Gasteiger partial charge in [-0.25, -0.2) is 12.8 Å². The summed E-state index contributed by atoms with van der Waals surface area (Å²) in [6.07, 6.45) is 0. The summed E-state index contributed by atoms with van der Waals surface area (Å²) in [6, 6.07) is 10.6. The fourth-order valence-corrected chi connectivity index (χ4v) is 3.94. The van der Waals surface area contributed by atoms with Crippen molar-refractivity contribution in [1.29, 1.82) is 0 Å². The molecule has 0 radical (unpaired) electrons. The molecule has 0 spiro atoms. The molecule has 5 nitrogen and oxygen atoms in total. The quantitative estimate of drug-likeness (QED) is 0.813. The van der Waals surface area contributed by atoms with Crippen molar-refractivity contribution in [2.75, 3.05) is 4.72 Å². The van der Waals surface area contributed by atoms with Gasteiger partial charge in [-0.3, -0.25) is 4.72 Å². The van der Waals surface area contributed by atoms with Crippen molar-refractivity contribution in [2.24, 2.45) is 0 Å². The van der Waals surface area contributed by atoms with E-state index in [1.54, 1.807) is 31.2 Å². The molecule has 1 aliphatic heterocycles. The first-order valence-electron chi connectivity index (χ1n) is 8.66. The maximum atomic E-state index is 13.9. The number of halogens is 1. The van der Waals surface area contributed by atoms with Gasteiger partial charge in [0, 0.05) is 5.69 Å². The molecule has 0 amide bonds. The standard InChI is InChI=1S/C19H23BFNO4S/c1-13-6-11-16(21)17(12-13)27(23,24)22-15-9-7-14(8-10-15)20-25-18(2,3)19(4,5)26-20/h6-12,22H,1-5H3. The van der Waals surface area contributed by atoms with Crippen molar-refractivity contribution >= 4 is 28.3 Å². The summed E-state index contributed by atoms with van der Waals surface area (Å²) in [6.45, 7) is 9.56. The van der Waals surface area contributed by atoms with E-state index in [1.807, 2.05) is 27.7 Å². The second kappa shape index (κ2) is 6.62. The topological polar surface area (TPSA) is 64.6 Å². The summed E-state index contributed by atoms with van der Waals surface area (Å²) >= 11 is 0. The van der Waals surface area contributed by atoms with Crippen molar-refractivity contribution in [3.63, 3.8) is 0 Å². The van der Waals surface area contributed by atoms with Gasteiger partial charge in [0.15, 0.2) is 0 Å². The fourth-order valence-electron chi connectivity index (χ4n) is 2.71. The third-order valence-corrected chi connectivity index (χ3v) is 6.46. The van der Waals surface area contributed by atoms with Crippen LogP contribution in [0, 0.1) is 12.7 Å². The lowest BCUT2D eigenvalue weighted by molar-refractivity contribution is 0.00578. The molecule has 2 aromatic rings. The monoisotopic (exact) mass is 391 g/mol. The molecule has 1 saturated heterocycles. The number of hydrogen-bond acceptors (Lipinski definition) is 4. The SMILES string of the molecule is Cc1ccc(F)c(S(=O)(=O)Nc2ccc(B3OC(C)(C)C(C)(C)O3)cc2)c1. The number of rotatable bonds is 4. The molecule has 144 valence electrons. The van der Waals surface area contributed by atoms with Crippen LogP contribution in [-0.4, -0.2) is 26.7 Å². The first-order chi connectivity index (χ1) is 12.4. The Hall–Kier alpha value is -1.90. The van der Waals surface area contributed by atoms with Gasteiger partial charge in [-0.2, -0.15) is 0 Å². The number of aryl methyl sites for hydroxylation is 1. The molecule has 0 bridgehead atoms. The van der Waals surface area contributed by atoms with E-state index in [-0.39, 0.29) is 4.90 Å². The number of anilines is 1. The van der Waals surface area contributed by atoms with Crippen LogP contribution in [0.5, 0.6) is 0 Å². The average molecular weight is 391 g/mol. The summed E-state index contributed by atoms with van der Waals surface area (Å²) < 4.78 is 53.3. The molecule has 3 rings (SSSR count). The van der Waals surface area contributed by atoms with Gasteiger partial charge in [0.05, 0.1) is 11.2 Å². The van der Waals surface area contributed by atoms with Gasteiger partial charge < -0.3 is 9.31 Å². The van der Waals surface area contributed by atoms with E-state index in [4.69, 9.17) is 9.31 Å². The average Bonchev–Trinajstić information content (AvgIpc) is 2.78. The minimum absolute atomic E-state index is 0.330. The summed E-state index contributed by atoms with van der Waals surface area (Å²) in [5.74, 6) is -0.790. The Balaban J connectivity index is 1.80. The van der Waals surface area contributed by atoms with Crippen LogP contribution < -0.4 is 10.2 Å². The smallest absolute Gasteiger partial charge is 0.399 e. The molecule has 0 unspecified atom stereocenters. The third kappa shape index (κ3) is 3.88. The van der Waals surface area contributed by atoms with Gasteiger partial charge in [-0.1, -0.05) is 18.2 Å². The van der Waals surface area contributed by atoms with E-state index in [1.165, 1.54) is 12.1 Å². The minimum Gasteiger partial charge on any atom is -0.399 e. The van der Waals surface area contributed by atoms with Gasteiger partial charge in [-0.15, -0.1) is 0 Å². The Morgan fingerprint density at radius 1 is 0.963 bits per heavy atom. The second-order valence-corrected chi connectivity index (χ2v) is 9.40. The number of sulfonamides is 1. The van der Waals surface area contributed by atoms with Crippen molar-refractivity contribution in [3.05, 3.63) is 53.8 Å². The van der Waals surface area contributed by atoms with Gasteiger partial charge in [-0.05, 0) is 69.9 Å². The summed E-state index contributed by atoms with van der Waals surface area (Å²) in [5.41, 5.74) is 0.851. The Bertz CT molecular complexity index is 942. The molecule has 0 saturated carbocycles. The Morgan fingerprint density at radius 2 is 1.52 bits per heavy atom. The van der Waals surface area contributed by atoms with Crippen molar-refractivity contribution in [2.45, 2.75) is 50.7 Å². The highest BCUT2D eigenvalue weighted by molar-refractivity contribution is 7.92. The molecular weight excluding hydrogens is 368 g/mol. The van der Waals surface area contributed by atoms with Crippen LogP contribution in [0.4, 0.5) is 10.1 Å². The molecule has 1 fully saturated rings. The van der Waals surface area contributed by atoms with Crippen LogP contribution >= 0.6 is 0 Å². The highest BCUT2D eigenvalue weighted by Gasteiger charge is 2.51. The van der Waals surface area contributed by atoms with Gasteiger partial charge in [0.25, 0.3) is 10.0 Å². The minimum atomic E-state index is -4.02. The first-order valence-corrected chi connectivity index (χ1v) is 10.1. The Kier molecular flexibility index (Phi) is 4.86. The summed E-state index contributed by atoms with van der Waals surface area (Å²) in [7, 11) is -4.56. The zero-order valence-electron chi connectivity index (χ0n) is 16.0. The Morgan fingerprint density at radius 3 is 2.07 bits per heavy atom. The van der Waals surface area contributed by atoms with E-state index >= 15 is 0 Å². The van der Waals surface area contributed by atoms with E-state index in [9.17, 15) is 12.8 Å². The van der Waals surface area contributed by atoms with Gasteiger partial charge in [0.2, 0.25) is 0 Å². The molecule has 1 heterocycles. The Labute approximate surface area is 160 Å². The number of benzene rings is 2. The van der Waals surface area contributed by atoms with Crippen LogP contribution in [0.25, 0.3) is 0 Å². The molecule has 1 N–H and O–H groups in total. The van der Waals surface area contributed by atoms with E-state index in [2.05, 4.69) is 4.72 Å². The maximum absolute atomic E-state index is 13.9. The number of hydrogen-bond donors (Lipinski definition) is 1. The summed E-state index contributed by atoms with van der Waals surface area (Å²) in [5, 5.41) is 0. The molecule has 2 aromatic carbocycles. The fraction of sp³-hybridized carbons (Fsp3) is 0.368. The normalized spacial score (nSPS) is 18.5. The van der Waals surface area contributed by atoms with Crippen LogP contribution in [0.15, 0.2) is 47.4 Å². The summed E-state index contributed by atoms with van der Waals surface area (Å²) in [4.78, 5) is -0.377. The molecule has 0 aromatic heterocycles. The predicted molar refractivity (Wildman–Crippen MR) is 104 cm³/mol. The third-order valence-electron chi connectivity index (χ3n) is 5.06. The van der Waals surface area contributed by atoms with E-state index < -0.39 is 34.2 Å². The number of nitrogens with one attached hydrogen (secondary N) is 1. The lowest BCUT2D eigenvalue weighted by Crippen LogP contribution is -2.41. The van der Waals surface area contributed by atoms with Crippen molar-refractivity contribution < 1.29 is 22.1 Å². The molecule has 0 atom stereocenters. The largest absolute Gasteiger partial charge is 0.494 e. The zero-order valence-corrected chi connectivity index (χ0v) is 16.9. The lowest BCUT2D eigenvalue weighted by atomic mass is 9.79. The highest BCUT2D eigenvalue weighted by atomic mass is 32.2. The van der Waals surface area contributed by atoms with Crippen LogP contribution in [0.3, 0.4) is 0 Å². The zero-order chi connectivity index (χ0) is 20.0. The lowest BCUT2D eigenvalue weighted by Gasteiger charge is -2.32. The maximum Gasteiger partial charge on any atom is 0.494 e. The molecule has 27 heavy (non-hydrogen) atoms. The van der Waals surface area contributed by atoms with Gasteiger partial charge >= 0.3 is 7.12 Å². The predicted octanol–water partition coefficient (Wildman–Crippen LogP) is 3.23. The van der Waals surface area contributed by atoms with Crippen molar-refractivity contribution in [3.8, 4) is 0 Å². The van der Waals surface area contributed by atoms with Crippen LogP contribution in [0.1, 0.15) is 33.3 Å². The molecule has 8 heteroatoms. The van der Waals surface area contributed by atoms with Gasteiger partial charge in [0.1, 0.15) is 10.7 Å². The van der Waals surface area contributed by atoms with E-state index in [0.29, 0.717) is 11.3 Å². The molecular formula is C19H23BFNO4S. The first kappa shape index (κ1) is 19.9. The molecule has 0 aliphatic carbocycles. The highest BCUT2D eigenvalue weighted by Crippen LogP contribution is 2.36. The molecule has 1 aliphatic rings. The second-order valence-electron chi connectivity index (χ2n) is 7.75. The van der Waals surface area contributed by atoms with Crippen LogP contribution in [0.2, 0.25) is 0 Å².